The van der Waals surface area contributed by atoms with Crippen LogP contribution in [-0.4, -0.2) is 52.2 Å². The van der Waals surface area contributed by atoms with E-state index in [1.165, 1.54) is 6.92 Å². The summed E-state index contributed by atoms with van der Waals surface area (Å²) in [5.41, 5.74) is 0. The number of hydrogen-bond acceptors (Lipinski definition) is 3. The van der Waals surface area contributed by atoms with Crippen LogP contribution in [0, 0.1) is 0 Å². The molecular weight excluding hydrogens is 321 g/mol. The number of halogens is 3. The molecule has 104 valence electrons. The standard InChI is InChI=1S/C9H14Cl3N3O2S/c1-6(16)13-7(9(10,11)12)14-8(18)15-2-4-17-5-3-15/h7H,2-5H2,1H3,(H,13,16)(H,14,18)/t7-/m0/s1. The highest BCUT2D eigenvalue weighted by atomic mass is 35.6. The first-order valence-electron chi connectivity index (χ1n) is 5.27. The number of nitrogens with zero attached hydrogens (tertiary/aromatic N) is 1. The molecule has 0 radical (unpaired) electrons. The van der Waals surface area contributed by atoms with Crippen molar-refractivity contribution < 1.29 is 9.53 Å². The van der Waals surface area contributed by atoms with Crippen molar-refractivity contribution in [3.8, 4) is 0 Å². The molecule has 0 unspecified atom stereocenters. The number of ether oxygens (including phenoxy) is 1. The molecule has 0 spiro atoms. The zero-order valence-electron chi connectivity index (χ0n) is 9.71. The van der Waals surface area contributed by atoms with Gasteiger partial charge < -0.3 is 20.3 Å². The van der Waals surface area contributed by atoms with Gasteiger partial charge in [0.15, 0.2) is 5.11 Å². The Kier molecular flexibility index (Phi) is 6.20. The predicted molar refractivity (Wildman–Crippen MR) is 76.0 cm³/mol. The van der Waals surface area contributed by atoms with Crippen LogP contribution in [0.15, 0.2) is 0 Å². The maximum absolute atomic E-state index is 11.1. The Morgan fingerprint density at radius 1 is 1.33 bits per heavy atom. The third-order valence-electron chi connectivity index (χ3n) is 2.24. The van der Waals surface area contributed by atoms with Crippen LogP contribution in [0.25, 0.3) is 0 Å². The molecule has 0 aliphatic carbocycles. The van der Waals surface area contributed by atoms with Gasteiger partial charge in [0.25, 0.3) is 0 Å². The van der Waals surface area contributed by atoms with Gasteiger partial charge in [-0.3, -0.25) is 4.79 Å². The Balaban J connectivity index is 2.59. The van der Waals surface area contributed by atoms with E-state index in [0.717, 1.165) is 0 Å². The zero-order chi connectivity index (χ0) is 13.8. The second kappa shape index (κ2) is 6.96. The molecule has 1 heterocycles. The van der Waals surface area contributed by atoms with Crippen molar-refractivity contribution in [3.63, 3.8) is 0 Å². The van der Waals surface area contributed by atoms with Crippen LogP contribution in [0.2, 0.25) is 0 Å². The first-order valence-corrected chi connectivity index (χ1v) is 6.82. The number of nitrogens with one attached hydrogen (secondary N) is 2. The molecule has 0 saturated carbocycles. The van der Waals surface area contributed by atoms with E-state index in [0.29, 0.717) is 31.4 Å². The van der Waals surface area contributed by atoms with E-state index >= 15 is 0 Å². The van der Waals surface area contributed by atoms with E-state index < -0.39 is 9.96 Å². The summed E-state index contributed by atoms with van der Waals surface area (Å²) in [7, 11) is 0. The number of alkyl halides is 3. The van der Waals surface area contributed by atoms with E-state index in [1.807, 2.05) is 4.90 Å². The molecule has 18 heavy (non-hydrogen) atoms. The number of rotatable bonds is 2. The average molecular weight is 335 g/mol. The summed E-state index contributed by atoms with van der Waals surface area (Å²) in [6.45, 7) is 3.86. The molecule has 9 heteroatoms. The second-order valence-corrected chi connectivity index (χ2v) is 6.48. The second-order valence-electron chi connectivity index (χ2n) is 3.72. The molecule has 0 aromatic carbocycles. The van der Waals surface area contributed by atoms with Gasteiger partial charge >= 0.3 is 0 Å². The number of morpholine rings is 1. The SMILES string of the molecule is CC(=O)N[C@@H](NC(=S)N1CCOCC1)C(Cl)(Cl)Cl. The Labute approximate surface area is 126 Å². The van der Waals surface area contributed by atoms with Gasteiger partial charge in [-0.1, -0.05) is 34.8 Å². The van der Waals surface area contributed by atoms with E-state index in [2.05, 4.69) is 10.6 Å². The van der Waals surface area contributed by atoms with E-state index in [9.17, 15) is 4.79 Å². The number of carbonyl (C=O) groups excluding carboxylic acids is 1. The molecule has 1 amide bonds. The normalized spacial score (nSPS) is 18.1. The fraction of sp³-hybridized carbons (Fsp3) is 0.778. The predicted octanol–water partition coefficient (Wildman–Crippen LogP) is 1.03. The molecule has 5 nitrogen and oxygen atoms in total. The molecule has 0 aromatic rings. The lowest BCUT2D eigenvalue weighted by Crippen LogP contribution is -2.58. The summed E-state index contributed by atoms with van der Waals surface area (Å²) in [6, 6.07) is 0. The molecule has 0 aromatic heterocycles. The Bertz CT molecular complexity index is 319. The maximum Gasteiger partial charge on any atom is 0.228 e. The lowest BCUT2D eigenvalue weighted by molar-refractivity contribution is -0.119. The van der Waals surface area contributed by atoms with E-state index in [-0.39, 0.29) is 5.91 Å². The summed E-state index contributed by atoms with van der Waals surface area (Å²) in [6.07, 6.45) is -0.879. The smallest absolute Gasteiger partial charge is 0.228 e. The fourth-order valence-corrected chi connectivity index (χ4v) is 2.01. The van der Waals surface area contributed by atoms with Crippen molar-refractivity contribution in [1.29, 1.82) is 0 Å². The van der Waals surface area contributed by atoms with Crippen molar-refractivity contribution in [2.75, 3.05) is 26.3 Å². The van der Waals surface area contributed by atoms with Crippen LogP contribution in [0.1, 0.15) is 6.92 Å². The van der Waals surface area contributed by atoms with Gasteiger partial charge in [0.2, 0.25) is 9.70 Å². The number of hydrogen-bond donors (Lipinski definition) is 2. The van der Waals surface area contributed by atoms with Crippen LogP contribution >= 0.6 is 47.0 Å². The summed E-state index contributed by atoms with van der Waals surface area (Å²) in [5.74, 6) is -0.316. The maximum atomic E-state index is 11.1. The molecule has 0 bridgehead atoms. The molecule has 1 rings (SSSR count). The molecule has 1 aliphatic rings. The van der Waals surface area contributed by atoms with E-state index in [4.69, 9.17) is 51.8 Å². The number of amides is 1. The highest BCUT2D eigenvalue weighted by molar-refractivity contribution is 7.80. The minimum Gasteiger partial charge on any atom is -0.378 e. The summed E-state index contributed by atoms with van der Waals surface area (Å²) in [5, 5.41) is 5.75. The summed E-state index contributed by atoms with van der Waals surface area (Å²) >= 11 is 22.5. The minimum absolute atomic E-state index is 0.316. The van der Waals surface area contributed by atoms with Gasteiger partial charge in [-0.25, -0.2) is 0 Å². The topological polar surface area (TPSA) is 53.6 Å². The largest absolute Gasteiger partial charge is 0.378 e. The third kappa shape index (κ3) is 5.32. The molecule has 1 atom stereocenters. The summed E-state index contributed by atoms with van der Waals surface area (Å²) < 4.78 is 3.52. The molecule has 1 fully saturated rings. The van der Waals surface area contributed by atoms with Crippen LogP contribution in [0.5, 0.6) is 0 Å². The van der Waals surface area contributed by atoms with Crippen LogP contribution < -0.4 is 10.6 Å². The van der Waals surface area contributed by atoms with Crippen molar-refractivity contribution in [2.45, 2.75) is 16.9 Å². The molecule has 1 aliphatic heterocycles. The van der Waals surface area contributed by atoms with Gasteiger partial charge in [0, 0.05) is 20.0 Å². The Morgan fingerprint density at radius 2 is 1.89 bits per heavy atom. The monoisotopic (exact) mass is 333 g/mol. The molecular formula is C9H14Cl3N3O2S. The molecule has 2 N–H and O–H groups in total. The van der Waals surface area contributed by atoms with Gasteiger partial charge in [0.1, 0.15) is 6.17 Å². The zero-order valence-corrected chi connectivity index (χ0v) is 12.8. The van der Waals surface area contributed by atoms with Crippen molar-refractivity contribution in [2.24, 2.45) is 0 Å². The lowest BCUT2D eigenvalue weighted by Gasteiger charge is -2.33. The first kappa shape index (κ1) is 16.0. The number of carbonyl (C=O) groups is 1. The number of thiocarbonyl (C=S) groups is 1. The van der Waals surface area contributed by atoms with E-state index in [1.54, 1.807) is 0 Å². The fourth-order valence-electron chi connectivity index (χ4n) is 1.38. The van der Waals surface area contributed by atoms with Gasteiger partial charge in [-0.05, 0) is 12.2 Å². The van der Waals surface area contributed by atoms with Gasteiger partial charge in [-0.2, -0.15) is 0 Å². The Morgan fingerprint density at radius 3 is 2.33 bits per heavy atom. The first-order chi connectivity index (χ1) is 8.30. The van der Waals surface area contributed by atoms with Crippen molar-refractivity contribution >= 4 is 58.0 Å². The Hall–Kier alpha value is -0.0100. The average Bonchev–Trinajstić information content (AvgIpc) is 2.27. The minimum atomic E-state index is -1.69. The van der Waals surface area contributed by atoms with Crippen LogP contribution in [0.3, 0.4) is 0 Å². The third-order valence-corrected chi connectivity index (χ3v) is 3.27. The lowest BCUT2D eigenvalue weighted by atomic mass is 10.4. The van der Waals surface area contributed by atoms with Gasteiger partial charge in [-0.15, -0.1) is 0 Å². The quantitative estimate of drug-likeness (QED) is 0.449. The van der Waals surface area contributed by atoms with Crippen molar-refractivity contribution in [1.82, 2.24) is 15.5 Å². The molecule has 1 saturated heterocycles. The van der Waals surface area contributed by atoms with Gasteiger partial charge in [0.05, 0.1) is 13.2 Å². The van der Waals surface area contributed by atoms with Crippen molar-refractivity contribution in [3.05, 3.63) is 0 Å². The highest BCUT2D eigenvalue weighted by Gasteiger charge is 2.34. The highest BCUT2D eigenvalue weighted by Crippen LogP contribution is 2.29. The summed E-state index contributed by atoms with van der Waals surface area (Å²) in [4.78, 5) is 12.9. The van der Waals surface area contributed by atoms with Crippen LogP contribution in [0.4, 0.5) is 0 Å². The van der Waals surface area contributed by atoms with Crippen LogP contribution in [-0.2, 0) is 9.53 Å².